The minimum atomic E-state index is -1.24. The Balaban J connectivity index is 2.22. The van der Waals surface area contributed by atoms with Gasteiger partial charge in [-0.25, -0.2) is 0 Å². The molecular weight excluding hydrogens is 282 g/mol. The lowest BCUT2D eigenvalue weighted by Gasteiger charge is -2.20. The molecule has 22 heavy (non-hydrogen) atoms. The maximum atomic E-state index is 12.2. The van der Waals surface area contributed by atoms with Crippen molar-refractivity contribution in [3.8, 4) is 5.75 Å². The van der Waals surface area contributed by atoms with Crippen molar-refractivity contribution in [2.24, 2.45) is 0 Å². The number of carbonyl (C=O) groups excluding carboxylic acids is 2. The van der Waals surface area contributed by atoms with Crippen molar-refractivity contribution < 1.29 is 19.4 Å². The number of amides is 1. The summed E-state index contributed by atoms with van der Waals surface area (Å²) in [4.78, 5) is 23.2. The van der Waals surface area contributed by atoms with E-state index < -0.39 is 12.0 Å². The number of carbonyl (C=O) groups is 2. The summed E-state index contributed by atoms with van der Waals surface area (Å²) >= 11 is 0. The third-order valence-corrected chi connectivity index (χ3v) is 3.21. The van der Waals surface area contributed by atoms with Crippen molar-refractivity contribution in [3.63, 3.8) is 0 Å². The molecule has 2 aromatic carbocycles. The van der Waals surface area contributed by atoms with Crippen molar-refractivity contribution in [3.05, 3.63) is 65.7 Å². The van der Waals surface area contributed by atoms with Gasteiger partial charge in [0.05, 0.1) is 13.2 Å². The largest absolute Gasteiger partial charge is 0.550 e. The second-order valence-corrected chi connectivity index (χ2v) is 4.74. The molecule has 1 N–H and O–H groups in total. The Kier molecular flexibility index (Phi) is 5.14. The number of ether oxygens (including phenoxy) is 1. The van der Waals surface area contributed by atoms with Crippen molar-refractivity contribution in [2.75, 3.05) is 7.11 Å². The molecule has 5 heteroatoms. The van der Waals surface area contributed by atoms with Gasteiger partial charge in [0.15, 0.2) is 0 Å². The van der Waals surface area contributed by atoms with Crippen LogP contribution in [0.1, 0.15) is 28.4 Å². The molecule has 0 heterocycles. The van der Waals surface area contributed by atoms with E-state index in [1.165, 1.54) is 7.11 Å². The summed E-state index contributed by atoms with van der Waals surface area (Å²) in [7, 11) is 1.52. The number of hydrogen-bond donors (Lipinski definition) is 1. The summed E-state index contributed by atoms with van der Waals surface area (Å²) in [5, 5.41) is 13.7. The highest BCUT2D eigenvalue weighted by Crippen LogP contribution is 2.22. The van der Waals surface area contributed by atoms with Crippen LogP contribution >= 0.6 is 0 Å². The monoisotopic (exact) mass is 298 g/mol. The first kappa shape index (κ1) is 15.6. The molecule has 2 aromatic rings. The number of hydrogen-bond acceptors (Lipinski definition) is 4. The molecule has 0 bridgehead atoms. The zero-order valence-corrected chi connectivity index (χ0v) is 12.1. The maximum Gasteiger partial charge on any atom is 0.251 e. The predicted octanol–water partition coefficient (Wildman–Crippen LogP) is 1.31. The summed E-state index contributed by atoms with van der Waals surface area (Å²) in [6, 6.07) is 14.9. The average molecular weight is 298 g/mol. The molecule has 0 spiro atoms. The Hall–Kier alpha value is -2.82. The van der Waals surface area contributed by atoms with Crippen LogP contribution in [0.4, 0.5) is 0 Å². The van der Waals surface area contributed by atoms with Gasteiger partial charge in [-0.05, 0) is 29.8 Å². The SMILES string of the molecule is COc1cccc([C@@H](CC(=O)[O-])NC(=O)c2ccccc2)c1. The second-order valence-electron chi connectivity index (χ2n) is 4.74. The van der Waals surface area contributed by atoms with Crippen LogP contribution < -0.4 is 15.2 Å². The maximum absolute atomic E-state index is 12.2. The summed E-state index contributed by atoms with van der Waals surface area (Å²) in [5.41, 5.74) is 1.11. The van der Waals surface area contributed by atoms with Gasteiger partial charge in [0.1, 0.15) is 5.75 Å². The number of rotatable bonds is 6. The van der Waals surface area contributed by atoms with E-state index in [1.54, 1.807) is 54.6 Å². The molecule has 5 nitrogen and oxygen atoms in total. The second kappa shape index (κ2) is 7.26. The molecule has 0 saturated carbocycles. The van der Waals surface area contributed by atoms with Crippen LogP contribution in [0.3, 0.4) is 0 Å². The molecule has 0 saturated heterocycles. The quantitative estimate of drug-likeness (QED) is 0.872. The molecule has 0 aliphatic heterocycles. The van der Waals surface area contributed by atoms with Gasteiger partial charge in [0.2, 0.25) is 0 Å². The van der Waals surface area contributed by atoms with E-state index >= 15 is 0 Å². The Morgan fingerprint density at radius 1 is 1.14 bits per heavy atom. The van der Waals surface area contributed by atoms with E-state index in [2.05, 4.69) is 5.32 Å². The summed E-state index contributed by atoms with van der Waals surface area (Å²) in [6.45, 7) is 0. The van der Waals surface area contributed by atoms with Crippen molar-refractivity contribution >= 4 is 11.9 Å². The fourth-order valence-corrected chi connectivity index (χ4v) is 2.11. The normalized spacial score (nSPS) is 11.5. The minimum Gasteiger partial charge on any atom is -0.550 e. The molecule has 0 unspecified atom stereocenters. The van der Waals surface area contributed by atoms with Crippen LogP contribution in [0.15, 0.2) is 54.6 Å². The van der Waals surface area contributed by atoms with Gasteiger partial charge in [-0.15, -0.1) is 0 Å². The van der Waals surface area contributed by atoms with Crippen LogP contribution in [0.5, 0.6) is 5.75 Å². The van der Waals surface area contributed by atoms with E-state index in [4.69, 9.17) is 4.74 Å². The molecule has 0 aliphatic carbocycles. The number of methoxy groups -OCH3 is 1. The van der Waals surface area contributed by atoms with Crippen molar-refractivity contribution in [1.82, 2.24) is 5.32 Å². The van der Waals surface area contributed by atoms with Crippen LogP contribution in [-0.4, -0.2) is 19.0 Å². The van der Waals surface area contributed by atoms with Gasteiger partial charge >= 0.3 is 0 Å². The van der Waals surface area contributed by atoms with Crippen LogP contribution in [0.2, 0.25) is 0 Å². The number of carboxylic acids is 1. The summed E-state index contributed by atoms with van der Waals surface area (Å²) in [6.07, 6.45) is -0.314. The van der Waals surface area contributed by atoms with Crippen molar-refractivity contribution in [2.45, 2.75) is 12.5 Å². The van der Waals surface area contributed by atoms with E-state index in [9.17, 15) is 14.7 Å². The average Bonchev–Trinajstić information content (AvgIpc) is 2.54. The molecule has 0 fully saturated rings. The molecule has 1 amide bonds. The first-order valence-electron chi connectivity index (χ1n) is 6.80. The molecule has 114 valence electrons. The molecule has 1 atom stereocenters. The molecule has 0 aliphatic rings. The van der Waals surface area contributed by atoms with E-state index in [0.717, 1.165) is 0 Å². The van der Waals surface area contributed by atoms with Crippen molar-refractivity contribution in [1.29, 1.82) is 0 Å². The van der Waals surface area contributed by atoms with Gasteiger partial charge in [0.25, 0.3) is 5.91 Å². The third kappa shape index (κ3) is 4.09. The number of carboxylic acid groups (broad SMARTS) is 1. The fourth-order valence-electron chi connectivity index (χ4n) is 2.11. The minimum absolute atomic E-state index is 0.314. The molecule has 0 radical (unpaired) electrons. The van der Waals surface area contributed by atoms with Gasteiger partial charge < -0.3 is 20.0 Å². The van der Waals surface area contributed by atoms with E-state index in [-0.39, 0.29) is 12.3 Å². The smallest absolute Gasteiger partial charge is 0.251 e. The highest BCUT2D eigenvalue weighted by atomic mass is 16.5. The lowest BCUT2D eigenvalue weighted by Crippen LogP contribution is -2.34. The lowest BCUT2D eigenvalue weighted by molar-refractivity contribution is -0.306. The first-order chi connectivity index (χ1) is 10.6. The zero-order valence-electron chi connectivity index (χ0n) is 12.1. The molecule has 0 aromatic heterocycles. The fraction of sp³-hybridized carbons (Fsp3) is 0.176. The number of aliphatic carboxylic acids is 1. The summed E-state index contributed by atoms with van der Waals surface area (Å²) < 4.78 is 5.12. The number of nitrogens with one attached hydrogen (secondary N) is 1. The number of benzene rings is 2. The highest BCUT2D eigenvalue weighted by molar-refractivity contribution is 5.94. The highest BCUT2D eigenvalue weighted by Gasteiger charge is 2.16. The lowest BCUT2D eigenvalue weighted by atomic mass is 10.0. The summed E-state index contributed by atoms with van der Waals surface area (Å²) in [5.74, 6) is -0.981. The zero-order chi connectivity index (χ0) is 15.9. The van der Waals surface area contributed by atoms with E-state index in [0.29, 0.717) is 16.9 Å². The topological polar surface area (TPSA) is 78.5 Å². The predicted molar refractivity (Wildman–Crippen MR) is 79.3 cm³/mol. The van der Waals surface area contributed by atoms with Gasteiger partial charge in [0, 0.05) is 18.0 Å². The van der Waals surface area contributed by atoms with Gasteiger partial charge in [-0.2, -0.15) is 0 Å². The van der Waals surface area contributed by atoms with Gasteiger partial charge in [-0.1, -0.05) is 30.3 Å². The third-order valence-electron chi connectivity index (χ3n) is 3.21. The van der Waals surface area contributed by atoms with Gasteiger partial charge in [-0.3, -0.25) is 4.79 Å². The Bertz CT molecular complexity index is 655. The standard InChI is InChI=1S/C17H17NO4/c1-22-14-9-5-8-13(10-14)15(11-16(19)20)18-17(21)12-6-3-2-4-7-12/h2-10,15H,11H2,1H3,(H,18,21)(H,19,20)/p-1/t15-/m1/s1. The molecule has 2 rings (SSSR count). The van der Waals surface area contributed by atoms with Crippen LogP contribution in [0.25, 0.3) is 0 Å². The Morgan fingerprint density at radius 2 is 1.86 bits per heavy atom. The first-order valence-corrected chi connectivity index (χ1v) is 6.80. The molecular formula is C17H16NO4-. The van der Waals surface area contributed by atoms with E-state index in [1.807, 2.05) is 0 Å². The Morgan fingerprint density at radius 3 is 2.50 bits per heavy atom. The Labute approximate surface area is 128 Å². The van der Waals surface area contributed by atoms with Crippen LogP contribution in [0, 0.1) is 0 Å². The van der Waals surface area contributed by atoms with Crippen LogP contribution in [-0.2, 0) is 4.79 Å².